The lowest BCUT2D eigenvalue weighted by Crippen LogP contribution is -2.72. The van der Waals surface area contributed by atoms with E-state index in [1.807, 2.05) is 4.90 Å². The van der Waals surface area contributed by atoms with Gasteiger partial charge in [-0.15, -0.1) is 0 Å². The van der Waals surface area contributed by atoms with Crippen molar-refractivity contribution in [1.29, 1.82) is 0 Å². The van der Waals surface area contributed by atoms with E-state index < -0.39 is 0 Å². The van der Waals surface area contributed by atoms with Crippen LogP contribution in [0.15, 0.2) is 12.2 Å². The first-order valence-electron chi connectivity index (χ1n) is 10.7. The van der Waals surface area contributed by atoms with Gasteiger partial charge in [-0.3, -0.25) is 4.79 Å². The predicted molar refractivity (Wildman–Crippen MR) is 99.2 cm³/mol. The highest BCUT2D eigenvalue weighted by molar-refractivity contribution is 5.84. The lowest BCUT2D eigenvalue weighted by atomic mass is 9.35. The van der Waals surface area contributed by atoms with E-state index in [1.54, 1.807) is 0 Å². The van der Waals surface area contributed by atoms with Crippen LogP contribution in [-0.2, 0) is 4.79 Å². The van der Waals surface area contributed by atoms with Gasteiger partial charge in [-0.05, 0) is 73.7 Å². The minimum Gasteiger partial charge on any atom is -0.395 e. The Bertz CT molecular complexity index is 662. The number of amides is 1. The molecule has 0 aromatic heterocycles. The molecule has 4 nitrogen and oxygen atoms in total. The zero-order chi connectivity index (χ0) is 18.3. The SMILES string of the molecule is C=C1[C@H]2CCC3(CC[C@H]4C5(CCC[C@@]4(C)C(=O)N(CCO)C5)[C@@H]3C2)[C@H]1O. The Hall–Kier alpha value is -0.870. The monoisotopic (exact) mass is 359 g/mol. The lowest BCUT2D eigenvalue weighted by Gasteiger charge is -2.72. The standard InChI is InChI=1S/C22H33NO3/c1-14-15-4-8-21(18(14)25)9-5-16-20(2)6-3-7-22(16,17(21)12-15)13-23(10-11-24)19(20)26/h15-18,24-25H,1,3-13H2,2H3/t15-,16+,17+,18-,20+,21?,22?/m0/s1. The highest BCUT2D eigenvalue weighted by Crippen LogP contribution is 2.73. The summed E-state index contributed by atoms with van der Waals surface area (Å²) in [6, 6.07) is 0. The number of hydrogen-bond acceptors (Lipinski definition) is 3. The second kappa shape index (κ2) is 5.35. The molecule has 1 heterocycles. The summed E-state index contributed by atoms with van der Waals surface area (Å²) in [7, 11) is 0. The van der Waals surface area contributed by atoms with Crippen LogP contribution in [0.25, 0.3) is 0 Å². The van der Waals surface area contributed by atoms with Crippen molar-refractivity contribution in [3.8, 4) is 0 Å². The van der Waals surface area contributed by atoms with E-state index in [0.717, 1.165) is 50.6 Å². The van der Waals surface area contributed by atoms with E-state index in [1.165, 1.54) is 12.8 Å². The van der Waals surface area contributed by atoms with Crippen LogP contribution in [0, 0.1) is 34.0 Å². The number of fused-ring (bicyclic) bond motifs is 2. The van der Waals surface area contributed by atoms with Crippen molar-refractivity contribution in [2.45, 2.75) is 64.4 Å². The Morgan fingerprint density at radius 3 is 2.69 bits per heavy atom. The molecule has 6 fully saturated rings. The van der Waals surface area contributed by atoms with Gasteiger partial charge >= 0.3 is 0 Å². The smallest absolute Gasteiger partial charge is 0.228 e. The molecule has 1 aliphatic heterocycles. The first kappa shape index (κ1) is 17.2. The molecule has 1 saturated heterocycles. The fourth-order valence-electron chi connectivity index (χ4n) is 8.60. The molecule has 4 heteroatoms. The molecule has 5 aliphatic carbocycles. The highest BCUT2D eigenvalue weighted by atomic mass is 16.3. The third-order valence-electron chi connectivity index (χ3n) is 9.62. The third kappa shape index (κ3) is 1.81. The van der Waals surface area contributed by atoms with Gasteiger partial charge < -0.3 is 15.1 Å². The van der Waals surface area contributed by atoms with Gasteiger partial charge in [0.25, 0.3) is 0 Å². The van der Waals surface area contributed by atoms with E-state index in [4.69, 9.17) is 0 Å². The van der Waals surface area contributed by atoms with E-state index in [0.29, 0.717) is 24.3 Å². The second-order valence-corrected chi connectivity index (χ2v) is 10.3. The van der Waals surface area contributed by atoms with Crippen LogP contribution in [0.1, 0.15) is 58.3 Å². The van der Waals surface area contributed by atoms with Crippen LogP contribution < -0.4 is 0 Å². The number of likely N-dealkylation sites (tertiary alicyclic amines) is 1. The summed E-state index contributed by atoms with van der Waals surface area (Å²) in [5.41, 5.74) is 0.937. The molecule has 6 rings (SSSR count). The van der Waals surface area contributed by atoms with Crippen LogP contribution in [-0.4, -0.2) is 46.8 Å². The summed E-state index contributed by atoms with van der Waals surface area (Å²) in [6.45, 7) is 7.77. The van der Waals surface area contributed by atoms with E-state index in [9.17, 15) is 15.0 Å². The van der Waals surface area contributed by atoms with Crippen molar-refractivity contribution in [2.24, 2.45) is 34.0 Å². The van der Waals surface area contributed by atoms with E-state index in [2.05, 4.69) is 13.5 Å². The number of β-amino-alcohol motifs (C(OH)–C–C–N with tert-alkyl or cyclic N) is 1. The number of aliphatic hydroxyl groups excluding tert-OH is 2. The molecular weight excluding hydrogens is 326 g/mol. The Morgan fingerprint density at radius 1 is 1.15 bits per heavy atom. The molecule has 7 atom stereocenters. The van der Waals surface area contributed by atoms with Gasteiger partial charge in [-0.25, -0.2) is 0 Å². The quantitative estimate of drug-likeness (QED) is 0.745. The summed E-state index contributed by atoms with van der Waals surface area (Å²) in [5.74, 6) is 1.68. The average molecular weight is 360 g/mol. The molecule has 1 spiro atoms. The van der Waals surface area contributed by atoms with Crippen molar-refractivity contribution in [3.63, 3.8) is 0 Å². The van der Waals surface area contributed by atoms with Crippen molar-refractivity contribution in [1.82, 2.24) is 4.90 Å². The number of nitrogens with zero attached hydrogens (tertiary/aromatic N) is 1. The molecule has 0 radical (unpaired) electrons. The van der Waals surface area contributed by atoms with Crippen LogP contribution in [0.2, 0.25) is 0 Å². The van der Waals surface area contributed by atoms with Crippen LogP contribution in [0.5, 0.6) is 0 Å². The summed E-state index contributed by atoms with van der Waals surface area (Å²) in [6.07, 6.45) is 8.53. The highest BCUT2D eigenvalue weighted by Gasteiger charge is 2.71. The summed E-state index contributed by atoms with van der Waals surface area (Å²) >= 11 is 0. The Balaban J connectivity index is 1.62. The van der Waals surface area contributed by atoms with Gasteiger partial charge in [0, 0.05) is 23.9 Å². The zero-order valence-corrected chi connectivity index (χ0v) is 16.0. The molecule has 4 bridgehead atoms. The molecule has 5 saturated carbocycles. The summed E-state index contributed by atoms with van der Waals surface area (Å²) in [5, 5.41) is 20.7. The number of aliphatic hydroxyl groups is 2. The van der Waals surface area contributed by atoms with Gasteiger partial charge in [0.15, 0.2) is 0 Å². The van der Waals surface area contributed by atoms with Crippen molar-refractivity contribution in [3.05, 3.63) is 12.2 Å². The van der Waals surface area contributed by atoms with E-state index in [-0.39, 0.29) is 34.9 Å². The number of piperidine rings is 1. The van der Waals surface area contributed by atoms with Gasteiger partial charge in [0.05, 0.1) is 12.7 Å². The fourth-order valence-corrected chi connectivity index (χ4v) is 8.60. The van der Waals surface area contributed by atoms with Crippen molar-refractivity contribution in [2.75, 3.05) is 19.7 Å². The fraction of sp³-hybridized carbons (Fsp3) is 0.864. The third-order valence-corrected chi connectivity index (χ3v) is 9.62. The van der Waals surface area contributed by atoms with Gasteiger partial charge in [-0.1, -0.05) is 19.9 Å². The van der Waals surface area contributed by atoms with E-state index >= 15 is 0 Å². The van der Waals surface area contributed by atoms with Crippen LogP contribution in [0.4, 0.5) is 0 Å². The Labute approximate surface area is 156 Å². The maximum Gasteiger partial charge on any atom is 0.228 e. The molecule has 0 aromatic carbocycles. The number of carbonyl (C=O) groups excluding carboxylic acids is 1. The zero-order valence-electron chi connectivity index (χ0n) is 16.0. The molecule has 26 heavy (non-hydrogen) atoms. The van der Waals surface area contributed by atoms with Crippen LogP contribution >= 0.6 is 0 Å². The molecule has 1 amide bonds. The predicted octanol–water partition coefficient (Wildman–Crippen LogP) is 2.74. The summed E-state index contributed by atoms with van der Waals surface area (Å²) < 4.78 is 0. The average Bonchev–Trinajstić information content (AvgIpc) is 2.63. The molecule has 2 N–H and O–H groups in total. The van der Waals surface area contributed by atoms with Gasteiger partial charge in [0.2, 0.25) is 5.91 Å². The first-order valence-corrected chi connectivity index (χ1v) is 10.7. The maximum absolute atomic E-state index is 13.3. The number of rotatable bonds is 2. The normalized spacial score (nSPS) is 52.7. The first-order chi connectivity index (χ1) is 12.4. The molecule has 6 aliphatic rings. The minimum atomic E-state index is -0.354. The minimum absolute atomic E-state index is 0.00808. The molecule has 0 aromatic rings. The topological polar surface area (TPSA) is 60.8 Å². The molecular formula is C22H33NO3. The number of carbonyl (C=O) groups is 1. The summed E-state index contributed by atoms with van der Waals surface area (Å²) in [4.78, 5) is 15.3. The largest absolute Gasteiger partial charge is 0.395 e. The second-order valence-electron chi connectivity index (χ2n) is 10.3. The molecule has 144 valence electrons. The Kier molecular flexibility index (Phi) is 3.55. The van der Waals surface area contributed by atoms with Crippen molar-refractivity contribution >= 4 is 5.91 Å². The van der Waals surface area contributed by atoms with Gasteiger partial charge in [0.1, 0.15) is 0 Å². The molecule has 2 unspecified atom stereocenters. The van der Waals surface area contributed by atoms with Crippen LogP contribution in [0.3, 0.4) is 0 Å². The van der Waals surface area contributed by atoms with Crippen molar-refractivity contribution < 1.29 is 15.0 Å². The maximum atomic E-state index is 13.3. The Morgan fingerprint density at radius 2 is 1.92 bits per heavy atom. The number of hydrogen-bond donors (Lipinski definition) is 2. The van der Waals surface area contributed by atoms with Gasteiger partial charge in [-0.2, -0.15) is 0 Å². The lowest BCUT2D eigenvalue weighted by molar-refractivity contribution is -0.237.